The zero-order valence-corrected chi connectivity index (χ0v) is 12.2. The predicted molar refractivity (Wildman–Crippen MR) is 68.6 cm³/mol. The van der Waals surface area contributed by atoms with Crippen molar-refractivity contribution in [2.24, 2.45) is 5.92 Å². The van der Waals surface area contributed by atoms with Crippen molar-refractivity contribution in [3.63, 3.8) is 0 Å². The highest BCUT2D eigenvalue weighted by Gasteiger charge is 2.67. The van der Waals surface area contributed by atoms with Crippen molar-refractivity contribution in [1.82, 2.24) is 9.78 Å². The number of hydrogen-bond acceptors (Lipinski definition) is 2. The normalized spacial score (nSPS) is 24.2. The number of ketones is 1. The van der Waals surface area contributed by atoms with Gasteiger partial charge in [-0.15, -0.1) is 0 Å². The van der Waals surface area contributed by atoms with Crippen LogP contribution in [0.3, 0.4) is 0 Å². The fraction of sp³-hybridized carbons (Fsp3) is 0.714. The Balaban J connectivity index is 0.000000774. The van der Waals surface area contributed by atoms with Crippen LogP contribution in [0.2, 0.25) is 0 Å². The number of alkyl halides is 4. The highest BCUT2D eigenvalue weighted by Crippen LogP contribution is 2.68. The van der Waals surface area contributed by atoms with Crippen molar-refractivity contribution >= 4 is 5.78 Å². The van der Waals surface area contributed by atoms with E-state index in [0.717, 1.165) is 4.68 Å². The molecule has 1 heterocycles. The van der Waals surface area contributed by atoms with E-state index in [4.69, 9.17) is 0 Å². The summed E-state index contributed by atoms with van der Waals surface area (Å²) in [5.41, 5.74) is -1.07. The third-order valence-corrected chi connectivity index (χ3v) is 3.89. The minimum Gasteiger partial charge on any atom is -0.298 e. The van der Waals surface area contributed by atoms with Gasteiger partial charge in [-0.3, -0.25) is 9.48 Å². The predicted octanol–water partition coefficient (Wildman–Crippen LogP) is 4.03. The second-order valence-corrected chi connectivity index (χ2v) is 5.07. The summed E-state index contributed by atoms with van der Waals surface area (Å²) in [4.78, 5) is 11.4. The van der Waals surface area contributed by atoms with Crippen molar-refractivity contribution in [1.29, 1.82) is 0 Å². The molecule has 0 saturated heterocycles. The molecule has 2 atom stereocenters. The van der Waals surface area contributed by atoms with Gasteiger partial charge >= 0.3 is 0 Å². The van der Waals surface area contributed by atoms with Crippen molar-refractivity contribution in [3.8, 4) is 0 Å². The van der Waals surface area contributed by atoms with E-state index in [2.05, 4.69) is 5.10 Å². The molecular weight excluding hydrogens is 288 g/mol. The molecule has 0 aliphatic heterocycles. The SMILES string of the molecule is CC.CCC(=O)Cn1nc(C(F)F)c2c1C(F)(F)C1CC21. The Morgan fingerprint density at radius 2 is 2.05 bits per heavy atom. The molecule has 1 aromatic rings. The van der Waals surface area contributed by atoms with Crippen LogP contribution in [0, 0.1) is 5.92 Å². The lowest BCUT2D eigenvalue weighted by Gasteiger charge is -2.14. The topological polar surface area (TPSA) is 34.9 Å². The number of aromatic nitrogens is 2. The molecule has 2 unspecified atom stereocenters. The Bertz CT molecular complexity index is 553. The third-order valence-electron chi connectivity index (χ3n) is 3.89. The first-order valence-electron chi connectivity index (χ1n) is 7.16. The van der Waals surface area contributed by atoms with Gasteiger partial charge in [-0.1, -0.05) is 20.8 Å². The Morgan fingerprint density at radius 1 is 1.43 bits per heavy atom. The summed E-state index contributed by atoms with van der Waals surface area (Å²) in [6, 6.07) is 0. The first kappa shape index (κ1) is 16.0. The lowest BCUT2D eigenvalue weighted by Crippen LogP contribution is -2.22. The highest BCUT2D eigenvalue weighted by molar-refractivity contribution is 5.78. The molecule has 0 aromatic carbocycles. The summed E-state index contributed by atoms with van der Waals surface area (Å²) >= 11 is 0. The van der Waals surface area contributed by atoms with Gasteiger partial charge in [-0.05, 0) is 12.3 Å². The molecule has 1 fully saturated rings. The van der Waals surface area contributed by atoms with Crippen molar-refractivity contribution in [2.45, 2.75) is 58.4 Å². The molecule has 0 spiro atoms. The van der Waals surface area contributed by atoms with Crippen molar-refractivity contribution in [3.05, 3.63) is 17.0 Å². The first-order valence-corrected chi connectivity index (χ1v) is 7.16. The zero-order chi connectivity index (χ0) is 15.9. The second kappa shape index (κ2) is 5.42. The monoisotopic (exact) mass is 306 g/mol. The van der Waals surface area contributed by atoms with Gasteiger partial charge in [-0.25, -0.2) is 8.78 Å². The van der Waals surface area contributed by atoms with E-state index in [-0.39, 0.29) is 30.7 Å². The van der Waals surface area contributed by atoms with E-state index < -0.39 is 35.6 Å². The van der Waals surface area contributed by atoms with Crippen LogP contribution in [0.1, 0.15) is 62.9 Å². The van der Waals surface area contributed by atoms with E-state index in [1.54, 1.807) is 6.92 Å². The van der Waals surface area contributed by atoms with Crippen LogP contribution in [0.15, 0.2) is 0 Å². The van der Waals surface area contributed by atoms with Gasteiger partial charge in [0.2, 0.25) is 0 Å². The molecule has 21 heavy (non-hydrogen) atoms. The van der Waals surface area contributed by atoms with Gasteiger partial charge < -0.3 is 0 Å². The standard InChI is InChI=1S/C12H12F4N2O.C2H6/c1-2-5(19)4-18-10-8(9(17-18)11(13)14)6-3-7(6)12(10,15)16;1-2/h6-7,11H,2-4H2,1H3;1-2H3. The summed E-state index contributed by atoms with van der Waals surface area (Å²) in [6.07, 6.45) is -2.49. The fourth-order valence-corrected chi connectivity index (χ4v) is 2.86. The second-order valence-electron chi connectivity index (χ2n) is 5.07. The smallest absolute Gasteiger partial charge is 0.293 e. The molecule has 118 valence electrons. The van der Waals surface area contributed by atoms with Crippen LogP contribution >= 0.6 is 0 Å². The summed E-state index contributed by atoms with van der Waals surface area (Å²) in [5.74, 6) is -4.85. The maximum atomic E-state index is 14.0. The minimum atomic E-state index is -3.14. The molecule has 1 aromatic heterocycles. The number of rotatable bonds is 4. The Hall–Kier alpha value is -1.40. The Morgan fingerprint density at radius 3 is 2.57 bits per heavy atom. The van der Waals surface area contributed by atoms with Crippen LogP contribution < -0.4 is 0 Å². The maximum Gasteiger partial charge on any atom is 0.293 e. The number of carbonyl (C=O) groups excluding carboxylic acids is 1. The molecule has 2 aliphatic rings. The van der Waals surface area contributed by atoms with Crippen LogP contribution in [-0.2, 0) is 17.3 Å². The number of fused-ring (bicyclic) bond motifs is 3. The van der Waals surface area contributed by atoms with Gasteiger partial charge in [0.1, 0.15) is 17.9 Å². The molecule has 2 aliphatic carbocycles. The molecule has 0 bridgehead atoms. The average Bonchev–Trinajstić information content (AvgIpc) is 3.10. The maximum absolute atomic E-state index is 14.0. The summed E-state index contributed by atoms with van der Waals surface area (Å²) in [5, 5.41) is 3.56. The van der Waals surface area contributed by atoms with Crippen LogP contribution in [0.4, 0.5) is 17.6 Å². The van der Waals surface area contributed by atoms with Crippen molar-refractivity contribution < 1.29 is 22.4 Å². The van der Waals surface area contributed by atoms with E-state index >= 15 is 0 Å². The van der Waals surface area contributed by atoms with Gasteiger partial charge in [0.05, 0.1) is 0 Å². The van der Waals surface area contributed by atoms with Gasteiger partial charge in [0.15, 0.2) is 5.78 Å². The molecule has 0 radical (unpaired) electrons. The molecule has 3 rings (SSSR count). The number of Topliss-reactive ketones (excluding diaryl/α,β-unsaturated/α-hetero) is 1. The van der Waals surface area contributed by atoms with E-state index in [0.29, 0.717) is 0 Å². The lowest BCUT2D eigenvalue weighted by molar-refractivity contribution is -0.119. The molecule has 0 amide bonds. The number of hydrogen-bond donors (Lipinski definition) is 0. The first-order chi connectivity index (χ1) is 9.87. The summed E-state index contributed by atoms with van der Waals surface area (Å²) < 4.78 is 54.7. The molecular formula is C14H18F4N2O. The fourth-order valence-electron chi connectivity index (χ4n) is 2.86. The number of nitrogens with zero attached hydrogens (tertiary/aromatic N) is 2. The van der Waals surface area contributed by atoms with Crippen LogP contribution in [0.25, 0.3) is 0 Å². The highest BCUT2D eigenvalue weighted by atomic mass is 19.3. The Kier molecular flexibility index (Phi) is 4.13. The van der Waals surface area contributed by atoms with Crippen LogP contribution in [-0.4, -0.2) is 15.6 Å². The van der Waals surface area contributed by atoms with E-state index in [1.807, 2.05) is 13.8 Å². The van der Waals surface area contributed by atoms with E-state index in [1.165, 1.54) is 0 Å². The number of carbonyl (C=O) groups is 1. The summed E-state index contributed by atoms with van der Waals surface area (Å²) in [7, 11) is 0. The largest absolute Gasteiger partial charge is 0.298 e. The van der Waals surface area contributed by atoms with Crippen LogP contribution in [0.5, 0.6) is 0 Å². The quantitative estimate of drug-likeness (QED) is 0.787. The minimum absolute atomic E-state index is 0.0195. The van der Waals surface area contributed by atoms with Gasteiger partial charge in [0.25, 0.3) is 12.3 Å². The number of halogens is 4. The summed E-state index contributed by atoms with van der Waals surface area (Å²) in [6.45, 7) is 5.23. The zero-order valence-electron chi connectivity index (χ0n) is 12.2. The molecule has 3 nitrogen and oxygen atoms in total. The van der Waals surface area contributed by atoms with Gasteiger partial charge in [-0.2, -0.15) is 13.9 Å². The van der Waals surface area contributed by atoms with E-state index in [9.17, 15) is 22.4 Å². The van der Waals surface area contributed by atoms with Crippen molar-refractivity contribution in [2.75, 3.05) is 0 Å². The van der Waals surface area contributed by atoms with Gasteiger partial charge in [0, 0.05) is 17.9 Å². The average molecular weight is 306 g/mol. The lowest BCUT2D eigenvalue weighted by atomic mass is 10.1. The molecule has 0 N–H and O–H groups in total. The molecule has 7 heteroatoms. The third kappa shape index (κ3) is 2.36. The molecule has 1 saturated carbocycles. The Labute approximate surface area is 120 Å².